The molecule has 2 fully saturated rings. The number of ether oxygens (including phenoxy) is 1. The Balaban J connectivity index is 1.58. The lowest BCUT2D eigenvalue weighted by molar-refractivity contribution is 0.110. The highest BCUT2D eigenvalue weighted by molar-refractivity contribution is 6.62. The van der Waals surface area contributed by atoms with Crippen LogP contribution in [-0.4, -0.2) is 46.6 Å². The van der Waals surface area contributed by atoms with E-state index in [2.05, 4.69) is 18.3 Å². The molecule has 0 spiro atoms. The molecule has 0 radical (unpaired) electrons. The van der Waals surface area contributed by atoms with Crippen LogP contribution < -0.4 is 5.46 Å². The molecule has 0 saturated carbocycles. The van der Waals surface area contributed by atoms with E-state index in [1.54, 1.807) is 18.0 Å². The lowest BCUT2D eigenvalue weighted by Gasteiger charge is -2.31. The monoisotopic (exact) mass is 345 g/mol. The zero-order valence-electron chi connectivity index (χ0n) is 15.0. The molecule has 0 aliphatic carbocycles. The predicted molar refractivity (Wildman–Crippen MR) is 94.1 cm³/mol. The first-order chi connectivity index (χ1) is 11.8. The Morgan fingerprint density at radius 1 is 1.44 bits per heavy atom. The smallest absolute Gasteiger partial charge is 0.534 e. The number of likely N-dealkylation sites (tertiary alicyclic amines) is 1. The normalized spacial score (nSPS) is 20.5. The molecule has 8 heteroatoms. The number of aromatic nitrogens is 2. The molecule has 0 unspecified atom stereocenters. The van der Waals surface area contributed by atoms with Gasteiger partial charge in [0.1, 0.15) is 5.60 Å². The van der Waals surface area contributed by atoms with E-state index in [9.17, 15) is 4.79 Å². The van der Waals surface area contributed by atoms with Crippen LogP contribution in [0, 0.1) is 0 Å². The largest absolute Gasteiger partial charge is 0.566 e. The molecule has 0 aromatic carbocycles. The van der Waals surface area contributed by atoms with Crippen LogP contribution in [0.5, 0.6) is 0 Å². The van der Waals surface area contributed by atoms with Gasteiger partial charge in [-0.1, -0.05) is 13.2 Å². The summed E-state index contributed by atoms with van der Waals surface area (Å²) < 4.78 is 18.6. The highest BCUT2D eigenvalue weighted by atomic mass is 16.7. The minimum Gasteiger partial charge on any atom is -0.534 e. The predicted octanol–water partition coefficient (Wildman–Crippen LogP) is 2.22. The Morgan fingerprint density at radius 2 is 2.12 bits per heavy atom. The van der Waals surface area contributed by atoms with Gasteiger partial charge in [0, 0.05) is 24.7 Å². The van der Waals surface area contributed by atoms with Gasteiger partial charge in [0.2, 0.25) is 0 Å². The van der Waals surface area contributed by atoms with Crippen molar-refractivity contribution in [2.24, 2.45) is 0 Å². The van der Waals surface area contributed by atoms with Crippen LogP contribution in [0.15, 0.2) is 37.1 Å². The van der Waals surface area contributed by atoms with Gasteiger partial charge in [0.15, 0.2) is 0 Å². The van der Waals surface area contributed by atoms with Crippen LogP contribution in [0.4, 0.5) is 4.79 Å². The number of nitrogens with zero attached hydrogens (tertiary/aromatic N) is 3. The van der Waals surface area contributed by atoms with Gasteiger partial charge < -0.3 is 18.9 Å². The van der Waals surface area contributed by atoms with Gasteiger partial charge in [-0.05, 0) is 33.6 Å². The molecular weight excluding hydrogens is 321 g/mol. The quantitative estimate of drug-likeness (QED) is 0.621. The Morgan fingerprint density at radius 3 is 2.68 bits per heavy atom. The lowest BCUT2D eigenvalue weighted by atomic mass is 9.82. The van der Waals surface area contributed by atoms with Crippen LogP contribution in [0.2, 0.25) is 0 Å². The topological polar surface area (TPSA) is 65.8 Å². The molecule has 25 heavy (non-hydrogen) atoms. The third kappa shape index (κ3) is 3.73. The molecule has 3 heterocycles. The van der Waals surface area contributed by atoms with E-state index in [4.69, 9.17) is 14.0 Å². The number of carbonyl (C=O) groups is 1. The second kappa shape index (κ2) is 6.59. The molecular formula is C17H24BN3O4. The van der Waals surface area contributed by atoms with Crippen molar-refractivity contribution in [2.75, 3.05) is 13.1 Å². The molecule has 0 bridgehead atoms. The molecule has 0 atom stereocenters. The third-order valence-corrected chi connectivity index (χ3v) is 4.57. The maximum atomic E-state index is 11.9. The highest BCUT2D eigenvalue weighted by Gasteiger charge is 2.43. The Labute approximate surface area is 148 Å². The summed E-state index contributed by atoms with van der Waals surface area (Å²) in [5.41, 5.74) is 0.373. The van der Waals surface area contributed by atoms with Gasteiger partial charge in [-0.3, -0.25) is 4.68 Å². The van der Waals surface area contributed by atoms with Crippen LogP contribution in [0.25, 0.3) is 0 Å². The molecule has 1 aromatic heterocycles. The van der Waals surface area contributed by atoms with Crippen LogP contribution in [-0.2, 0) is 14.0 Å². The van der Waals surface area contributed by atoms with E-state index in [1.807, 2.05) is 24.7 Å². The zero-order valence-corrected chi connectivity index (χ0v) is 15.0. The van der Waals surface area contributed by atoms with E-state index in [1.165, 1.54) is 0 Å². The van der Waals surface area contributed by atoms with E-state index in [-0.39, 0.29) is 12.1 Å². The van der Waals surface area contributed by atoms with Gasteiger partial charge in [0.05, 0.1) is 23.8 Å². The SMILES string of the molecule is C=C(C)OC(=O)N1CCC(n2cc(B3OC(=C)C(C)(C)O3)cn2)CC1. The summed E-state index contributed by atoms with van der Waals surface area (Å²) in [4.78, 5) is 13.6. The summed E-state index contributed by atoms with van der Waals surface area (Å²) in [5.74, 6) is 1.03. The Bertz CT molecular complexity index is 692. The number of hydrogen-bond donors (Lipinski definition) is 0. The molecule has 134 valence electrons. The summed E-state index contributed by atoms with van der Waals surface area (Å²) in [5, 5.41) is 4.45. The van der Waals surface area contributed by atoms with Crippen LogP contribution in [0.1, 0.15) is 39.7 Å². The summed E-state index contributed by atoms with van der Waals surface area (Å²) in [6.07, 6.45) is 5.02. The van der Waals surface area contributed by atoms with E-state index in [0.29, 0.717) is 24.6 Å². The third-order valence-electron chi connectivity index (χ3n) is 4.57. The Kier molecular flexibility index (Phi) is 4.64. The first-order valence-electron chi connectivity index (χ1n) is 8.46. The van der Waals surface area contributed by atoms with Crippen molar-refractivity contribution in [3.63, 3.8) is 0 Å². The zero-order chi connectivity index (χ0) is 18.2. The van der Waals surface area contributed by atoms with Crippen molar-refractivity contribution in [2.45, 2.75) is 45.3 Å². The summed E-state index contributed by atoms with van der Waals surface area (Å²) in [7, 11) is -0.470. The second-order valence-corrected chi connectivity index (χ2v) is 7.04. The van der Waals surface area contributed by atoms with Gasteiger partial charge in [-0.2, -0.15) is 5.10 Å². The number of amides is 1. The summed E-state index contributed by atoms with van der Waals surface area (Å²) >= 11 is 0. The van der Waals surface area contributed by atoms with E-state index >= 15 is 0 Å². The molecule has 7 nitrogen and oxygen atoms in total. The molecule has 2 aliphatic heterocycles. The van der Waals surface area contributed by atoms with Crippen molar-refractivity contribution < 1.29 is 18.8 Å². The number of allylic oxidation sites excluding steroid dienone is 1. The molecule has 2 aliphatic rings. The Hall–Kier alpha value is -2.22. The summed E-state index contributed by atoms with van der Waals surface area (Å²) in [6, 6.07) is 0.236. The van der Waals surface area contributed by atoms with Crippen molar-refractivity contribution >= 4 is 18.7 Å². The summed E-state index contributed by atoms with van der Waals surface area (Å²) in [6.45, 7) is 14.3. The molecule has 1 amide bonds. The molecule has 3 rings (SSSR count). The van der Waals surface area contributed by atoms with Crippen LogP contribution >= 0.6 is 0 Å². The number of hydrogen-bond acceptors (Lipinski definition) is 5. The number of rotatable bonds is 3. The maximum absolute atomic E-state index is 11.9. The minimum absolute atomic E-state index is 0.236. The minimum atomic E-state index is -0.498. The molecule has 2 saturated heterocycles. The molecule has 0 N–H and O–H groups in total. The standard InChI is InChI=1S/C17H24BN3O4/c1-12(2)23-16(22)20-8-6-15(7-9-20)21-11-14(10-19-21)18-24-13(3)17(4,5)25-18/h10-11,15H,1,3,6-9H2,2,4-5H3. The van der Waals surface area contributed by atoms with Gasteiger partial charge in [-0.15, -0.1) is 0 Å². The first-order valence-corrected chi connectivity index (χ1v) is 8.46. The van der Waals surface area contributed by atoms with Gasteiger partial charge in [-0.25, -0.2) is 4.79 Å². The number of carbonyl (C=O) groups excluding carboxylic acids is 1. The highest BCUT2D eigenvalue weighted by Crippen LogP contribution is 2.29. The fourth-order valence-corrected chi connectivity index (χ4v) is 2.97. The second-order valence-electron chi connectivity index (χ2n) is 7.04. The van der Waals surface area contributed by atoms with Crippen molar-refractivity contribution in [1.29, 1.82) is 0 Å². The first kappa shape index (κ1) is 17.6. The maximum Gasteiger partial charge on any atom is 0.566 e. The average Bonchev–Trinajstić information content (AvgIpc) is 3.12. The fourth-order valence-electron chi connectivity index (χ4n) is 2.97. The molecule has 1 aromatic rings. The lowest BCUT2D eigenvalue weighted by Crippen LogP contribution is -2.39. The average molecular weight is 345 g/mol. The van der Waals surface area contributed by atoms with Crippen molar-refractivity contribution in [3.05, 3.63) is 37.1 Å². The van der Waals surface area contributed by atoms with Crippen LogP contribution in [0.3, 0.4) is 0 Å². The fraction of sp³-hybridized carbons (Fsp3) is 0.529. The van der Waals surface area contributed by atoms with Crippen molar-refractivity contribution in [1.82, 2.24) is 14.7 Å². The van der Waals surface area contributed by atoms with Gasteiger partial charge in [0.25, 0.3) is 0 Å². The van der Waals surface area contributed by atoms with Gasteiger partial charge >= 0.3 is 13.2 Å². The number of piperidine rings is 1. The van der Waals surface area contributed by atoms with E-state index in [0.717, 1.165) is 18.3 Å². The van der Waals surface area contributed by atoms with E-state index < -0.39 is 12.7 Å². The van der Waals surface area contributed by atoms with Crippen molar-refractivity contribution in [3.8, 4) is 0 Å².